The van der Waals surface area contributed by atoms with Gasteiger partial charge < -0.3 is 9.67 Å². The monoisotopic (exact) mass is 279 g/mol. The number of carboxylic acids is 1. The number of thioether (sulfide) groups is 1. The highest BCUT2D eigenvalue weighted by Gasteiger charge is 2.56. The summed E-state index contributed by atoms with van der Waals surface area (Å²) in [6.45, 7) is 0. The maximum atomic E-state index is 10.7. The number of aliphatic carboxylic acids is 1. The minimum absolute atomic E-state index is 0.0718. The highest BCUT2D eigenvalue weighted by molar-refractivity contribution is 7.99. The van der Waals surface area contributed by atoms with Crippen molar-refractivity contribution < 1.29 is 9.90 Å². The topological polar surface area (TPSA) is 68.0 Å². The van der Waals surface area contributed by atoms with Crippen LogP contribution in [0.25, 0.3) is 0 Å². The molecule has 0 bridgehead atoms. The van der Waals surface area contributed by atoms with E-state index in [4.69, 9.17) is 5.11 Å². The first-order valence-corrected chi connectivity index (χ1v) is 8.03. The Bertz CT molecular complexity index is 516. The van der Waals surface area contributed by atoms with Gasteiger partial charge in [0.15, 0.2) is 5.16 Å². The number of hydrogen-bond acceptors (Lipinski definition) is 4. The van der Waals surface area contributed by atoms with Crippen LogP contribution in [0.15, 0.2) is 5.16 Å². The van der Waals surface area contributed by atoms with E-state index < -0.39 is 5.97 Å². The van der Waals surface area contributed by atoms with Gasteiger partial charge in [0.2, 0.25) is 0 Å². The van der Waals surface area contributed by atoms with Gasteiger partial charge in [-0.25, -0.2) is 0 Å². The summed E-state index contributed by atoms with van der Waals surface area (Å²) in [5, 5.41) is 18.3. The third-order valence-corrected chi connectivity index (χ3v) is 5.56. The molecule has 2 atom stereocenters. The predicted octanol–water partition coefficient (Wildman–Crippen LogP) is 2.30. The maximum Gasteiger partial charge on any atom is 0.313 e. The molecule has 4 rings (SSSR count). The first-order valence-electron chi connectivity index (χ1n) is 7.05. The van der Waals surface area contributed by atoms with Crippen LogP contribution in [0.1, 0.15) is 49.9 Å². The molecule has 5 nitrogen and oxygen atoms in total. The molecular formula is C13H17N3O2S. The number of hydrogen-bond donors (Lipinski definition) is 1. The SMILES string of the molecule is O=C(O)CSc1nnc(C2C3CCCC32)n1C1CC1. The lowest BCUT2D eigenvalue weighted by atomic mass is 10.1. The summed E-state index contributed by atoms with van der Waals surface area (Å²) < 4.78 is 2.25. The normalized spacial score (nSPS) is 32.3. The lowest BCUT2D eigenvalue weighted by molar-refractivity contribution is -0.133. The zero-order valence-corrected chi connectivity index (χ0v) is 11.5. The third kappa shape index (κ3) is 1.96. The Morgan fingerprint density at radius 2 is 2.00 bits per heavy atom. The highest BCUT2D eigenvalue weighted by Crippen LogP contribution is 2.63. The molecular weight excluding hydrogens is 262 g/mol. The van der Waals surface area contributed by atoms with E-state index in [0.29, 0.717) is 12.0 Å². The second-order valence-electron chi connectivity index (χ2n) is 5.91. The van der Waals surface area contributed by atoms with Crippen LogP contribution in [0.5, 0.6) is 0 Å². The Balaban J connectivity index is 1.59. The highest BCUT2D eigenvalue weighted by atomic mass is 32.2. The molecule has 19 heavy (non-hydrogen) atoms. The molecule has 1 aromatic heterocycles. The molecule has 3 aliphatic carbocycles. The van der Waals surface area contributed by atoms with Gasteiger partial charge in [0.25, 0.3) is 0 Å². The summed E-state index contributed by atoms with van der Waals surface area (Å²) in [7, 11) is 0. The zero-order chi connectivity index (χ0) is 13.0. The smallest absolute Gasteiger partial charge is 0.313 e. The molecule has 0 aromatic carbocycles. The summed E-state index contributed by atoms with van der Waals surface area (Å²) in [6, 6.07) is 0.530. The number of carbonyl (C=O) groups is 1. The Labute approximate surface area is 115 Å². The average Bonchev–Trinajstić information content (AvgIpc) is 3.25. The molecule has 0 aliphatic heterocycles. The molecule has 3 aliphatic rings. The molecule has 0 amide bonds. The first-order chi connectivity index (χ1) is 9.25. The summed E-state index contributed by atoms with van der Waals surface area (Å²) in [6.07, 6.45) is 6.42. The molecule has 3 saturated carbocycles. The molecule has 6 heteroatoms. The van der Waals surface area contributed by atoms with Gasteiger partial charge in [0, 0.05) is 12.0 Å². The molecule has 102 valence electrons. The number of carboxylic acid groups (broad SMARTS) is 1. The van der Waals surface area contributed by atoms with Crippen LogP contribution >= 0.6 is 11.8 Å². The lowest BCUT2D eigenvalue weighted by Gasteiger charge is -2.09. The fourth-order valence-corrected chi connectivity index (χ4v) is 4.35. The standard InChI is InChI=1S/C13H17N3O2S/c17-10(18)6-19-13-15-14-12(16(13)7-4-5-7)11-8-2-1-3-9(8)11/h7-9,11H,1-6H2,(H,17,18). The summed E-state index contributed by atoms with van der Waals surface area (Å²) in [4.78, 5) is 10.7. The molecule has 0 radical (unpaired) electrons. The van der Waals surface area contributed by atoms with Gasteiger partial charge in [-0.1, -0.05) is 18.2 Å². The maximum absolute atomic E-state index is 10.7. The van der Waals surface area contributed by atoms with Crippen LogP contribution in [0.3, 0.4) is 0 Å². The zero-order valence-electron chi connectivity index (χ0n) is 10.7. The van der Waals surface area contributed by atoms with Gasteiger partial charge in [-0.15, -0.1) is 10.2 Å². The van der Waals surface area contributed by atoms with E-state index in [1.165, 1.54) is 43.9 Å². The quantitative estimate of drug-likeness (QED) is 0.838. The van der Waals surface area contributed by atoms with Crippen LogP contribution in [-0.4, -0.2) is 31.6 Å². The number of nitrogens with zero attached hydrogens (tertiary/aromatic N) is 3. The van der Waals surface area contributed by atoms with Gasteiger partial charge >= 0.3 is 5.97 Å². The van der Waals surface area contributed by atoms with Crippen LogP contribution in [0, 0.1) is 11.8 Å². The van der Waals surface area contributed by atoms with Crippen molar-refractivity contribution in [1.82, 2.24) is 14.8 Å². The third-order valence-electron chi connectivity index (χ3n) is 4.63. The van der Waals surface area contributed by atoms with E-state index in [0.717, 1.165) is 22.8 Å². The predicted molar refractivity (Wildman–Crippen MR) is 70.2 cm³/mol. The van der Waals surface area contributed by atoms with Crippen molar-refractivity contribution in [2.45, 2.75) is 49.2 Å². The molecule has 1 aromatic rings. The van der Waals surface area contributed by atoms with Crippen molar-refractivity contribution in [2.24, 2.45) is 11.8 Å². The van der Waals surface area contributed by atoms with Crippen molar-refractivity contribution in [3.05, 3.63) is 5.82 Å². The summed E-state index contributed by atoms with van der Waals surface area (Å²) in [5.41, 5.74) is 0. The largest absolute Gasteiger partial charge is 0.481 e. The van der Waals surface area contributed by atoms with Crippen LogP contribution in [0.2, 0.25) is 0 Å². The van der Waals surface area contributed by atoms with Crippen LogP contribution < -0.4 is 0 Å². The minimum Gasteiger partial charge on any atom is -0.481 e. The van der Waals surface area contributed by atoms with Gasteiger partial charge in [-0.3, -0.25) is 4.79 Å². The second-order valence-corrected chi connectivity index (χ2v) is 6.85. The van der Waals surface area contributed by atoms with Crippen LogP contribution in [0.4, 0.5) is 0 Å². The molecule has 1 heterocycles. The Hall–Kier alpha value is -1.04. The Kier molecular flexibility index (Phi) is 2.62. The fourth-order valence-electron chi connectivity index (χ4n) is 3.62. The Morgan fingerprint density at radius 3 is 2.63 bits per heavy atom. The van der Waals surface area contributed by atoms with Crippen molar-refractivity contribution in [2.75, 3.05) is 5.75 Å². The van der Waals surface area contributed by atoms with Gasteiger partial charge in [-0.2, -0.15) is 0 Å². The van der Waals surface area contributed by atoms with Crippen molar-refractivity contribution >= 4 is 17.7 Å². The van der Waals surface area contributed by atoms with Crippen molar-refractivity contribution in [3.8, 4) is 0 Å². The van der Waals surface area contributed by atoms with Gasteiger partial charge in [0.05, 0.1) is 5.75 Å². The van der Waals surface area contributed by atoms with E-state index >= 15 is 0 Å². The number of aromatic nitrogens is 3. The summed E-state index contributed by atoms with van der Waals surface area (Å²) >= 11 is 1.31. The van der Waals surface area contributed by atoms with E-state index in [1.54, 1.807) is 0 Å². The second kappa shape index (κ2) is 4.23. The molecule has 0 spiro atoms. The van der Waals surface area contributed by atoms with Gasteiger partial charge in [-0.05, 0) is 37.5 Å². The molecule has 2 unspecified atom stereocenters. The summed E-state index contributed by atoms with van der Waals surface area (Å²) in [5.74, 6) is 2.70. The van der Waals surface area contributed by atoms with Crippen molar-refractivity contribution in [1.29, 1.82) is 0 Å². The molecule has 0 saturated heterocycles. The van der Waals surface area contributed by atoms with E-state index in [-0.39, 0.29) is 5.75 Å². The number of fused-ring (bicyclic) bond motifs is 1. The van der Waals surface area contributed by atoms with Crippen LogP contribution in [-0.2, 0) is 4.79 Å². The molecule has 1 N–H and O–H groups in total. The first kappa shape index (κ1) is 11.8. The van der Waals surface area contributed by atoms with E-state index in [1.807, 2.05) is 0 Å². The van der Waals surface area contributed by atoms with E-state index in [2.05, 4.69) is 14.8 Å². The lowest BCUT2D eigenvalue weighted by Crippen LogP contribution is -2.06. The average molecular weight is 279 g/mol. The Morgan fingerprint density at radius 1 is 1.26 bits per heavy atom. The van der Waals surface area contributed by atoms with Crippen molar-refractivity contribution in [3.63, 3.8) is 0 Å². The van der Waals surface area contributed by atoms with Gasteiger partial charge in [0.1, 0.15) is 5.82 Å². The minimum atomic E-state index is -0.791. The van der Waals surface area contributed by atoms with E-state index in [9.17, 15) is 4.79 Å². The number of rotatable bonds is 5. The fraction of sp³-hybridized carbons (Fsp3) is 0.769. The molecule has 3 fully saturated rings.